The van der Waals surface area contributed by atoms with Crippen LogP contribution in [0.5, 0.6) is 5.75 Å². The summed E-state index contributed by atoms with van der Waals surface area (Å²) < 4.78 is 7.81. The van der Waals surface area contributed by atoms with Crippen molar-refractivity contribution in [3.63, 3.8) is 0 Å². The fraction of sp³-hybridized carbons (Fsp3) is 0.471. The van der Waals surface area contributed by atoms with Crippen molar-refractivity contribution in [2.24, 2.45) is 0 Å². The molecule has 0 atom stereocenters. The lowest BCUT2D eigenvalue weighted by atomic mass is 10.2. The maximum Gasteiger partial charge on any atom is 0.221 e. The summed E-state index contributed by atoms with van der Waals surface area (Å²) in [6.07, 6.45) is 2.68. The van der Waals surface area contributed by atoms with E-state index in [0.29, 0.717) is 13.0 Å². The van der Waals surface area contributed by atoms with E-state index in [2.05, 4.69) is 16.0 Å². The normalized spacial score (nSPS) is 11.3. The quantitative estimate of drug-likeness (QED) is 0.886. The van der Waals surface area contributed by atoms with Crippen LogP contribution in [0.2, 0.25) is 0 Å². The Hall–Kier alpha value is -1.97. The highest BCUT2D eigenvalue weighted by Crippen LogP contribution is 2.23. The number of nitrogens with zero attached hydrogens (tertiary/aromatic N) is 1. The summed E-state index contributed by atoms with van der Waals surface area (Å²) in [5.41, 5.74) is 1.13. The van der Waals surface area contributed by atoms with Gasteiger partial charge in [0, 0.05) is 36.1 Å². The van der Waals surface area contributed by atoms with Gasteiger partial charge < -0.3 is 14.6 Å². The van der Waals surface area contributed by atoms with Gasteiger partial charge in [0.05, 0.1) is 6.10 Å². The van der Waals surface area contributed by atoms with Gasteiger partial charge in [-0.05, 0) is 52.0 Å². The van der Waals surface area contributed by atoms with Crippen LogP contribution in [0, 0.1) is 0 Å². The van der Waals surface area contributed by atoms with Crippen LogP contribution in [0.25, 0.3) is 10.9 Å². The van der Waals surface area contributed by atoms with Crippen LogP contribution in [-0.4, -0.2) is 22.6 Å². The topological polar surface area (TPSA) is 43.3 Å². The molecule has 1 N–H and O–H groups in total. The predicted molar refractivity (Wildman–Crippen MR) is 85.6 cm³/mol. The monoisotopic (exact) mass is 288 g/mol. The lowest BCUT2D eigenvalue weighted by Gasteiger charge is -2.11. The number of benzene rings is 1. The molecule has 0 bridgehead atoms. The molecule has 2 rings (SSSR count). The van der Waals surface area contributed by atoms with Crippen LogP contribution in [-0.2, 0) is 11.3 Å². The molecule has 4 nitrogen and oxygen atoms in total. The van der Waals surface area contributed by atoms with Crippen LogP contribution in [0.4, 0.5) is 0 Å². The molecule has 0 spiro atoms. The molecule has 114 valence electrons. The molecular weight excluding hydrogens is 264 g/mol. The van der Waals surface area contributed by atoms with Crippen molar-refractivity contribution in [1.29, 1.82) is 0 Å². The van der Waals surface area contributed by atoms with Crippen molar-refractivity contribution in [3.05, 3.63) is 30.5 Å². The lowest BCUT2D eigenvalue weighted by Crippen LogP contribution is -2.30. The van der Waals surface area contributed by atoms with E-state index in [4.69, 9.17) is 4.74 Å². The molecule has 1 heterocycles. The Morgan fingerprint density at radius 1 is 1.24 bits per heavy atom. The standard InChI is InChI=1S/C17H24N2O2/c1-12(2)18-17(20)8-10-19-9-7-14-11-15(21-13(3)4)5-6-16(14)19/h5-7,9,11-13H,8,10H2,1-4H3,(H,18,20). The molecule has 2 aromatic rings. The van der Waals surface area contributed by atoms with Crippen LogP contribution in [0.15, 0.2) is 30.5 Å². The predicted octanol–water partition coefficient (Wildman–Crippen LogP) is 3.34. The summed E-state index contributed by atoms with van der Waals surface area (Å²) in [6.45, 7) is 8.66. The highest BCUT2D eigenvalue weighted by molar-refractivity contribution is 5.82. The summed E-state index contributed by atoms with van der Waals surface area (Å²) in [7, 11) is 0. The molecule has 0 fully saturated rings. The van der Waals surface area contributed by atoms with Crippen molar-refractivity contribution in [1.82, 2.24) is 9.88 Å². The molecule has 0 saturated carbocycles. The molecule has 0 aliphatic rings. The number of hydrogen-bond donors (Lipinski definition) is 1. The second kappa shape index (κ2) is 6.66. The SMILES string of the molecule is CC(C)NC(=O)CCn1ccc2cc(OC(C)C)ccc21. The van der Waals surface area contributed by atoms with Gasteiger partial charge in [-0.3, -0.25) is 4.79 Å². The zero-order valence-electron chi connectivity index (χ0n) is 13.2. The third-order valence-electron chi connectivity index (χ3n) is 3.14. The third kappa shape index (κ3) is 4.25. The number of aryl methyl sites for hydroxylation is 1. The van der Waals surface area contributed by atoms with Gasteiger partial charge in [0.1, 0.15) is 5.75 Å². The van der Waals surface area contributed by atoms with E-state index in [9.17, 15) is 4.79 Å². The Morgan fingerprint density at radius 3 is 2.67 bits per heavy atom. The van der Waals surface area contributed by atoms with Gasteiger partial charge in [-0.25, -0.2) is 0 Å². The molecule has 4 heteroatoms. The molecule has 0 aliphatic heterocycles. The minimum atomic E-state index is 0.0895. The van der Waals surface area contributed by atoms with Crippen molar-refractivity contribution < 1.29 is 9.53 Å². The smallest absolute Gasteiger partial charge is 0.221 e. The van der Waals surface area contributed by atoms with Gasteiger partial charge in [-0.1, -0.05) is 0 Å². The fourth-order valence-electron chi connectivity index (χ4n) is 2.33. The number of hydrogen-bond acceptors (Lipinski definition) is 2. The summed E-state index contributed by atoms with van der Waals surface area (Å²) >= 11 is 0. The fourth-order valence-corrected chi connectivity index (χ4v) is 2.33. The molecule has 0 aliphatic carbocycles. The molecule has 0 saturated heterocycles. The van der Waals surface area contributed by atoms with Gasteiger partial charge in [0.25, 0.3) is 0 Å². The van der Waals surface area contributed by atoms with E-state index in [0.717, 1.165) is 16.7 Å². The van der Waals surface area contributed by atoms with Crippen LogP contribution < -0.4 is 10.1 Å². The maximum atomic E-state index is 11.7. The summed E-state index contributed by atoms with van der Waals surface area (Å²) in [4.78, 5) is 11.7. The van der Waals surface area contributed by atoms with E-state index in [1.165, 1.54) is 0 Å². The zero-order valence-corrected chi connectivity index (χ0v) is 13.2. The van der Waals surface area contributed by atoms with E-state index in [1.54, 1.807) is 0 Å². The molecule has 0 radical (unpaired) electrons. The first-order valence-electron chi connectivity index (χ1n) is 7.50. The van der Waals surface area contributed by atoms with E-state index in [-0.39, 0.29) is 18.1 Å². The van der Waals surface area contributed by atoms with Crippen molar-refractivity contribution in [3.8, 4) is 5.75 Å². The largest absolute Gasteiger partial charge is 0.491 e. The number of carbonyl (C=O) groups excluding carboxylic acids is 1. The highest BCUT2D eigenvalue weighted by Gasteiger charge is 2.07. The second-order valence-corrected chi connectivity index (χ2v) is 5.87. The van der Waals surface area contributed by atoms with E-state index < -0.39 is 0 Å². The number of carbonyl (C=O) groups is 1. The third-order valence-corrected chi connectivity index (χ3v) is 3.14. The zero-order chi connectivity index (χ0) is 15.4. The maximum absolute atomic E-state index is 11.7. The van der Waals surface area contributed by atoms with Gasteiger partial charge in [0.15, 0.2) is 0 Å². The molecule has 21 heavy (non-hydrogen) atoms. The average Bonchev–Trinajstić information content (AvgIpc) is 2.77. The van der Waals surface area contributed by atoms with Crippen LogP contribution in [0.1, 0.15) is 34.1 Å². The number of rotatable bonds is 6. The Morgan fingerprint density at radius 2 is 2.00 bits per heavy atom. The minimum Gasteiger partial charge on any atom is -0.491 e. The summed E-state index contributed by atoms with van der Waals surface area (Å²) in [5.74, 6) is 0.972. The van der Waals surface area contributed by atoms with Crippen LogP contribution >= 0.6 is 0 Å². The second-order valence-electron chi connectivity index (χ2n) is 5.87. The van der Waals surface area contributed by atoms with Crippen LogP contribution in [0.3, 0.4) is 0 Å². The van der Waals surface area contributed by atoms with Gasteiger partial charge in [-0.2, -0.15) is 0 Å². The Labute approximate surface area is 126 Å². The summed E-state index contributed by atoms with van der Waals surface area (Å²) in [5, 5.41) is 4.05. The Bertz CT molecular complexity index is 614. The Balaban J connectivity index is 2.06. The van der Waals surface area contributed by atoms with Gasteiger partial charge in [0.2, 0.25) is 5.91 Å². The first kappa shape index (κ1) is 15.4. The Kier molecular flexibility index (Phi) is 4.89. The number of ether oxygens (including phenoxy) is 1. The molecular formula is C17H24N2O2. The molecule has 1 amide bonds. The van der Waals surface area contributed by atoms with Gasteiger partial charge in [-0.15, -0.1) is 0 Å². The molecule has 1 aromatic heterocycles. The number of aromatic nitrogens is 1. The first-order chi connectivity index (χ1) is 9.95. The van der Waals surface area contributed by atoms with E-state index >= 15 is 0 Å². The first-order valence-corrected chi connectivity index (χ1v) is 7.50. The lowest BCUT2D eigenvalue weighted by molar-refractivity contribution is -0.121. The average molecular weight is 288 g/mol. The summed E-state index contributed by atoms with van der Waals surface area (Å²) in [6, 6.07) is 8.32. The number of fused-ring (bicyclic) bond motifs is 1. The van der Waals surface area contributed by atoms with Gasteiger partial charge >= 0.3 is 0 Å². The molecule has 1 aromatic carbocycles. The highest BCUT2D eigenvalue weighted by atomic mass is 16.5. The van der Waals surface area contributed by atoms with Crippen molar-refractivity contribution in [2.45, 2.75) is 52.8 Å². The van der Waals surface area contributed by atoms with E-state index in [1.807, 2.05) is 52.1 Å². The van der Waals surface area contributed by atoms with Crippen molar-refractivity contribution in [2.75, 3.05) is 0 Å². The van der Waals surface area contributed by atoms with Crippen molar-refractivity contribution >= 4 is 16.8 Å². The molecule has 0 unspecified atom stereocenters. The number of amides is 1. The number of nitrogens with one attached hydrogen (secondary N) is 1. The minimum absolute atomic E-state index is 0.0895.